The number of aliphatic carboxylic acids is 1. The van der Waals surface area contributed by atoms with Crippen LogP contribution >= 0.6 is 0 Å². The first-order valence-electron chi connectivity index (χ1n) is 5.50. The fourth-order valence-electron chi connectivity index (χ4n) is 2.31. The van der Waals surface area contributed by atoms with Crippen molar-refractivity contribution < 1.29 is 14.3 Å². The van der Waals surface area contributed by atoms with Crippen LogP contribution in [0.15, 0.2) is 24.5 Å². The van der Waals surface area contributed by atoms with Crippen molar-refractivity contribution in [3.8, 4) is 0 Å². The van der Waals surface area contributed by atoms with E-state index in [9.17, 15) is 9.18 Å². The standard InChI is InChI=1S/C12H11FN2O2/c13-8-1-2-10-11(5-8)15(6-14-10)9-3-7(4-9)12(16)17/h1-2,5-7,9H,3-4H2,(H,16,17)/t7-,9+. The Morgan fingerprint density at radius 2 is 2.24 bits per heavy atom. The predicted molar refractivity (Wildman–Crippen MR) is 59.1 cm³/mol. The van der Waals surface area contributed by atoms with E-state index in [0.29, 0.717) is 12.8 Å². The summed E-state index contributed by atoms with van der Waals surface area (Å²) in [7, 11) is 0. The largest absolute Gasteiger partial charge is 0.481 e. The Morgan fingerprint density at radius 1 is 1.47 bits per heavy atom. The molecule has 1 heterocycles. The molecule has 2 aromatic rings. The molecule has 0 saturated heterocycles. The molecule has 1 fully saturated rings. The molecule has 1 aromatic carbocycles. The highest BCUT2D eigenvalue weighted by Crippen LogP contribution is 2.39. The van der Waals surface area contributed by atoms with E-state index < -0.39 is 5.97 Å². The average Bonchev–Trinajstić information content (AvgIpc) is 2.59. The Kier molecular flexibility index (Phi) is 2.14. The van der Waals surface area contributed by atoms with Gasteiger partial charge in [0.05, 0.1) is 23.3 Å². The Bertz CT molecular complexity index is 587. The maximum Gasteiger partial charge on any atom is 0.306 e. The minimum Gasteiger partial charge on any atom is -0.481 e. The second-order valence-corrected chi connectivity index (χ2v) is 4.45. The average molecular weight is 234 g/mol. The Morgan fingerprint density at radius 3 is 2.94 bits per heavy atom. The summed E-state index contributed by atoms with van der Waals surface area (Å²) in [4.78, 5) is 14.9. The number of carbonyl (C=O) groups is 1. The summed E-state index contributed by atoms with van der Waals surface area (Å²) < 4.78 is 15.0. The predicted octanol–water partition coefficient (Wildman–Crippen LogP) is 2.21. The molecule has 88 valence electrons. The van der Waals surface area contributed by atoms with Crippen molar-refractivity contribution in [1.82, 2.24) is 9.55 Å². The number of hydrogen-bond acceptors (Lipinski definition) is 2. The highest BCUT2D eigenvalue weighted by atomic mass is 19.1. The fourth-order valence-corrected chi connectivity index (χ4v) is 2.31. The molecular weight excluding hydrogens is 223 g/mol. The lowest BCUT2D eigenvalue weighted by atomic mass is 9.80. The van der Waals surface area contributed by atoms with E-state index >= 15 is 0 Å². The van der Waals surface area contributed by atoms with E-state index in [1.807, 2.05) is 4.57 Å². The zero-order chi connectivity index (χ0) is 12.0. The van der Waals surface area contributed by atoms with Crippen molar-refractivity contribution in [2.45, 2.75) is 18.9 Å². The summed E-state index contributed by atoms with van der Waals surface area (Å²) in [5, 5.41) is 8.82. The summed E-state index contributed by atoms with van der Waals surface area (Å²) >= 11 is 0. The molecule has 3 rings (SSSR count). The van der Waals surface area contributed by atoms with Crippen molar-refractivity contribution in [3.05, 3.63) is 30.3 Å². The van der Waals surface area contributed by atoms with Crippen LogP contribution < -0.4 is 0 Å². The number of hydrogen-bond donors (Lipinski definition) is 1. The van der Waals surface area contributed by atoms with Crippen LogP contribution in [0.4, 0.5) is 4.39 Å². The quantitative estimate of drug-likeness (QED) is 0.866. The maximum atomic E-state index is 13.1. The zero-order valence-electron chi connectivity index (χ0n) is 9.01. The summed E-state index contributed by atoms with van der Waals surface area (Å²) in [5.41, 5.74) is 1.48. The van der Waals surface area contributed by atoms with Gasteiger partial charge in [0.25, 0.3) is 0 Å². The van der Waals surface area contributed by atoms with Gasteiger partial charge in [-0.25, -0.2) is 9.37 Å². The Labute approximate surface area is 96.7 Å². The van der Waals surface area contributed by atoms with Crippen LogP contribution in [0.1, 0.15) is 18.9 Å². The van der Waals surface area contributed by atoms with Gasteiger partial charge in [0.15, 0.2) is 0 Å². The van der Waals surface area contributed by atoms with E-state index in [1.54, 1.807) is 12.4 Å². The van der Waals surface area contributed by atoms with Crippen LogP contribution in [0.3, 0.4) is 0 Å². The zero-order valence-corrected chi connectivity index (χ0v) is 9.01. The lowest BCUT2D eigenvalue weighted by molar-refractivity contribution is -0.145. The third-order valence-electron chi connectivity index (χ3n) is 3.39. The van der Waals surface area contributed by atoms with Crippen molar-refractivity contribution in [2.24, 2.45) is 5.92 Å². The molecule has 1 saturated carbocycles. The molecule has 0 spiro atoms. The first kappa shape index (κ1) is 10.3. The lowest BCUT2D eigenvalue weighted by Gasteiger charge is -2.33. The summed E-state index contributed by atoms with van der Waals surface area (Å²) in [6, 6.07) is 4.58. The van der Waals surface area contributed by atoms with Gasteiger partial charge >= 0.3 is 5.97 Å². The van der Waals surface area contributed by atoms with Gasteiger partial charge in [-0.3, -0.25) is 4.79 Å². The van der Waals surface area contributed by atoms with E-state index in [4.69, 9.17) is 5.11 Å². The Hall–Kier alpha value is -1.91. The van der Waals surface area contributed by atoms with Crippen molar-refractivity contribution in [3.63, 3.8) is 0 Å². The van der Waals surface area contributed by atoms with Gasteiger partial charge in [0.2, 0.25) is 0 Å². The number of nitrogens with zero attached hydrogens (tertiary/aromatic N) is 2. The second kappa shape index (κ2) is 3.55. The number of carboxylic acids is 1. The lowest BCUT2D eigenvalue weighted by Crippen LogP contribution is -2.31. The van der Waals surface area contributed by atoms with E-state index in [1.165, 1.54) is 12.1 Å². The van der Waals surface area contributed by atoms with Crippen molar-refractivity contribution in [2.75, 3.05) is 0 Å². The molecule has 4 nitrogen and oxygen atoms in total. The third kappa shape index (κ3) is 1.58. The Balaban J connectivity index is 1.92. The van der Waals surface area contributed by atoms with Gasteiger partial charge in [-0.2, -0.15) is 0 Å². The maximum absolute atomic E-state index is 13.1. The normalized spacial score (nSPS) is 23.6. The monoisotopic (exact) mass is 234 g/mol. The molecule has 0 aliphatic heterocycles. The number of carboxylic acid groups (broad SMARTS) is 1. The molecule has 0 amide bonds. The molecule has 1 N–H and O–H groups in total. The number of imidazole rings is 1. The molecule has 1 aliphatic rings. The highest BCUT2D eigenvalue weighted by molar-refractivity contribution is 5.76. The number of benzene rings is 1. The van der Waals surface area contributed by atoms with Gasteiger partial charge in [-0.15, -0.1) is 0 Å². The first-order valence-corrected chi connectivity index (χ1v) is 5.50. The molecule has 0 radical (unpaired) electrons. The minimum atomic E-state index is -0.753. The number of aromatic nitrogens is 2. The van der Waals surface area contributed by atoms with Crippen LogP contribution in [0.5, 0.6) is 0 Å². The smallest absolute Gasteiger partial charge is 0.306 e. The number of halogens is 1. The third-order valence-corrected chi connectivity index (χ3v) is 3.39. The fraction of sp³-hybridized carbons (Fsp3) is 0.333. The molecular formula is C12H11FN2O2. The van der Waals surface area contributed by atoms with Gasteiger partial charge in [-0.1, -0.05) is 0 Å². The molecule has 0 bridgehead atoms. The van der Waals surface area contributed by atoms with Crippen LogP contribution in [0, 0.1) is 11.7 Å². The number of rotatable bonds is 2. The van der Waals surface area contributed by atoms with E-state index in [-0.39, 0.29) is 17.8 Å². The van der Waals surface area contributed by atoms with Gasteiger partial charge in [0.1, 0.15) is 5.82 Å². The van der Waals surface area contributed by atoms with E-state index in [2.05, 4.69) is 4.98 Å². The summed E-state index contributed by atoms with van der Waals surface area (Å²) in [6.45, 7) is 0. The topological polar surface area (TPSA) is 55.1 Å². The van der Waals surface area contributed by atoms with Crippen LogP contribution in [-0.2, 0) is 4.79 Å². The molecule has 0 unspecified atom stereocenters. The number of fused-ring (bicyclic) bond motifs is 1. The van der Waals surface area contributed by atoms with Gasteiger partial charge in [0, 0.05) is 6.04 Å². The van der Waals surface area contributed by atoms with E-state index in [0.717, 1.165) is 11.0 Å². The summed E-state index contributed by atoms with van der Waals surface area (Å²) in [5.74, 6) is -1.32. The summed E-state index contributed by atoms with van der Waals surface area (Å²) in [6.07, 6.45) is 2.85. The minimum absolute atomic E-state index is 0.128. The van der Waals surface area contributed by atoms with Crippen molar-refractivity contribution in [1.29, 1.82) is 0 Å². The van der Waals surface area contributed by atoms with Gasteiger partial charge < -0.3 is 9.67 Å². The molecule has 1 aromatic heterocycles. The van der Waals surface area contributed by atoms with Crippen LogP contribution in [0.2, 0.25) is 0 Å². The molecule has 0 atom stereocenters. The van der Waals surface area contributed by atoms with Crippen LogP contribution in [0.25, 0.3) is 11.0 Å². The first-order chi connectivity index (χ1) is 8.15. The molecule has 5 heteroatoms. The van der Waals surface area contributed by atoms with Crippen LogP contribution in [-0.4, -0.2) is 20.6 Å². The van der Waals surface area contributed by atoms with Crippen molar-refractivity contribution >= 4 is 17.0 Å². The molecule has 1 aliphatic carbocycles. The highest BCUT2D eigenvalue weighted by Gasteiger charge is 2.36. The molecule has 17 heavy (non-hydrogen) atoms. The SMILES string of the molecule is O=C(O)[C@H]1C[C@@H](n2cnc3ccc(F)cc32)C1. The second-order valence-electron chi connectivity index (χ2n) is 4.45. The van der Waals surface area contributed by atoms with Gasteiger partial charge in [-0.05, 0) is 31.0 Å².